The van der Waals surface area contributed by atoms with E-state index in [-0.39, 0.29) is 6.42 Å². The Morgan fingerprint density at radius 2 is 2.20 bits per heavy atom. The molecule has 0 saturated carbocycles. The molecule has 1 aromatic carbocycles. The number of aromatic nitrogens is 1. The average molecular weight is 276 g/mol. The number of fused-ring (bicyclic) bond motifs is 1. The Balaban J connectivity index is 2.22. The van der Waals surface area contributed by atoms with Crippen LogP contribution in [0.15, 0.2) is 24.4 Å². The number of methoxy groups -OCH3 is 1. The summed E-state index contributed by atoms with van der Waals surface area (Å²) >= 11 is 0. The van der Waals surface area contributed by atoms with Gasteiger partial charge in [-0.05, 0) is 30.8 Å². The zero-order chi connectivity index (χ0) is 14.7. The van der Waals surface area contributed by atoms with Gasteiger partial charge >= 0.3 is 5.97 Å². The van der Waals surface area contributed by atoms with Gasteiger partial charge in [-0.2, -0.15) is 0 Å². The molecule has 1 N–H and O–H groups in total. The normalized spacial score (nSPS) is 11.2. The van der Waals surface area contributed by atoms with Gasteiger partial charge in [0.25, 0.3) is 0 Å². The molecule has 108 valence electrons. The molecular formula is C15H20N2O3. The number of aliphatic carboxylic acids is 1. The molecule has 1 aromatic heterocycles. The van der Waals surface area contributed by atoms with Crippen LogP contribution in [-0.4, -0.2) is 41.2 Å². The summed E-state index contributed by atoms with van der Waals surface area (Å²) in [6.45, 7) is 1.26. The Morgan fingerprint density at radius 1 is 1.45 bits per heavy atom. The predicted molar refractivity (Wildman–Crippen MR) is 78.1 cm³/mol. The molecule has 0 fully saturated rings. The fourth-order valence-electron chi connectivity index (χ4n) is 2.36. The SMILES string of the molecule is COc1ccc2c(c1)c(CN(C)CCC(=O)O)cn2C. The van der Waals surface area contributed by atoms with Crippen LogP contribution in [0.2, 0.25) is 0 Å². The lowest BCUT2D eigenvalue weighted by Gasteiger charge is -2.14. The lowest BCUT2D eigenvalue weighted by molar-refractivity contribution is -0.137. The number of aryl methyl sites for hydroxylation is 1. The molecule has 0 atom stereocenters. The van der Waals surface area contributed by atoms with Crippen molar-refractivity contribution in [1.82, 2.24) is 9.47 Å². The number of carbonyl (C=O) groups is 1. The van der Waals surface area contributed by atoms with E-state index in [0.717, 1.165) is 23.2 Å². The standard InChI is InChI=1S/C15H20N2O3/c1-16(7-6-15(18)19)9-11-10-17(2)14-5-4-12(20-3)8-13(11)14/h4-5,8,10H,6-7,9H2,1-3H3,(H,18,19). The highest BCUT2D eigenvalue weighted by atomic mass is 16.5. The summed E-state index contributed by atoms with van der Waals surface area (Å²) in [5.74, 6) is 0.0644. The van der Waals surface area contributed by atoms with E-state index in [4.69, 9.17) is 9.84 Å². The molecule has 0 aliphatic carbocycles. The van der Waals surface area contributed by atoms with Gasteiger partial charge in [-0.15, -0.1) is 0 Å². The van der Waals surface area contributed by atoms with Crippen molar-refractivity contribution in [1.29, 1.82) is 0 Å². The minimum absolute atomic E-state index is 0.157. The predicted octanol–water partition coefficient (Wildman–Crippen LogP) is 2.09. The summed E-state index contributed by atoms with van der Waals surface area (Å²) in [6.07, 6.45) is 2.24. The Kier molecular flexibility index (Phi) is 4.29. The lowest BCUT2D eigenvalue weighted by Crippen LogP contribution is -2.21. The number of nitrogens with zero attached hydrogens (tertiary/aromatic N) is 2. The fourth-order valence-corrected chi connectivity index (χ4v) is 2.36. The van der Waals surface area contributed by atoms with Crippen molar-refractivity contribution >= 4 is 16.9 Å². The van der Waals surface area contributed by atoms with Crippen LogP contribution in [-0.2, 0) is 18.4 Å². The molecule has 0 amide bonds. The van der Waals surface area contributed by atoms with Crippen molar-refractivity contribution in [2.24, 2.45) is 7.05 Å². The monoisotopic (exact) mass is 276 g/mol. The first-order valence-corrected chi connectivity index (χ1v) is 6.53. The van der Waals surface area contributed by atoms with Gasteiger partial charge in [0.2, 0.25) is 0 Å². The van der Waals surface area contributed by atoms with Gasteiger partial charge in [-0.1, -0.05) is 0 Å². The quantitative estimate of drug-likeness (QED) is 0.878. The molecule has 0 aliphatic heterocycles. The first-order valence-electron chi connectivity index (χ1n) is 6.53. The molecule has 0 radical (unpaired) electrons. The highest BCUT2D eigenvalue weighted by molar-refractivity contribution is 5.85. The van der Waals surface area contributed by atoms with Crippen LogP contribution in [0.5, 0.6) is 5.75 Å². The van der Waals surface area contributed by atoms with Crippen LogP contribution in [0.1, 0.15) is 12.0 Å². The van der Waals surface area contributed by atoms with Crippen molar-refractivity contribution in [3.63, 3.8) is 0 Å². The molecule has 2 aromatic rings. The zero-order valence-electron chi connectivity index (χ0n) is 12.1. The molecule has 5 nitrogen and oxygen atoms in total. The Bertz CT molecular complexity index is 619. The number of hydrogen-bond acceptors (Lipinski definition) is 3. The maximum atomic E-state index is 10.6. The summed E-state index contributed by atoms with van der Waals surface area (Å²) in [5.41, 5.74) is 2.32. The number of rotatable bonds is 6. The maximum Gasteiger partial charge on any atom is 0.304 e. The van der Waals surface area contributed by atoms with Crippen LogP contribution in [0.4, 0.5) is 0 Å². The topological polar surface area (TPSA) is 54.7 Å². The molecular weight excluding hydrogens is 256 g/mol. The summed E-state index contributed by atoms with van der Waals surface area (Å²) in [7, 11) is 5.60. The van der Waals surface area contributed by atoms with Crippen LogP contribution in [0.25, 0.3) is 10.9 Å². The van der Waals surface area contributed by atoms with Gasteiger partial charge < -0.3 is 19.3 Å². The molecule has 20 heavy (non-hydrogen) atoms. The molecule has 0 saturated heterocycles. The molecule has 0 aliphatic rings. The van der Waals surface area contributed by atoms with Crippen molar-refractivity contribution in [3.8, 4) is 5.75 Å². The number of carboxylic acid groups (broad SMARTS) is 1. The minimum Gasteiger partial charge on any atom is -0.497 e. The number of ether oxygens (including phenoxy) is 1. The van der Waals surface area contributed by atoms with E-state index >= 15 is 0 Å². The third-order valence-electron chi connectivity index (χ3n) is 3.43. The van der Waals surface area contributed by atoms with Crippen molar-refractivity contribution in [2.45, 2.75) is 13.0 Å². The molecule has 1 heterocycles. The van der Waals surface area contributed by atoms with Gasteiger partial charge in [0.05, 0.1) is 13.5 Å². The Labute approximate surface area is 118 Å². The van der Waals surface area contributed by atoms with Gasteiger partial charge in [-0.3, -0.25) is 4.79 Å². The Morgan fingerprint density at radius 3 is 2.85 bits per heavy atom. The van der Waals surface area contributed by atoms with Crippen LogP contribution >= 0.6 is 0 Å². The van der Waals surface area contributed by atoms with Gasteiger partial charge in [0.1, 0.15) is 5.75 Å². The first kappa shape index (κ1) is 14.4. The first-order chi connectivity index (χ1) is 9.51. The van der Waals surface area contributed by atoms with Crippen LogP contribution < -0.4 is 4.74 Å². The Hall–Kier alpha value is -2.01. The van der Waals surface area contributed by atoms with Crippen LogP contribution in [0, 0.1) is 0 Å². The third kappa shape index (κ3) is 3.11. The second kappa shape index (κ2) is 5.96. The number of hydrogen-bond donors (Lipinski definition) is 1. The van der Waals surface area contributed by atoms with E-state index in [1.165, 1.54) is 5.56 Å². The lowest BCUT2D eigenvalue weighted by atomic mass is 10.1. The van der Waals surface area contributed by atoms with Crippen molar-refractivity contribution in [3.05, 3.63) is 30.0 Å². The highest BCUT2D eigenvalue weighted by Gasteiger charge is 2.10. The second-order valence-electron chi connectivity index (χ2n) is 5.03. The second-order valence-corrected chi connectivity index (χ2v) is 5.03. The van der Waals surface area contributed by atoms with E-state index in [1.807, 2.05) is 37.2 Å². The average Bonchev–Trinajstić information content (AvgIpc) is 2.72. The highest BCUT2D eigenvalue weighted by Crippen LogP contribution is 2.26. The van der Waals surface area contributed by atoms with Gasteiger partial charge in [0.15, 0.2) is 0 Å². The third-order valence-corrected chi connectivity index (χ3v) is 3.43. The number of benzene rings is 1. The molecule has 0 spiro atoms. The van der Waals surface area contributed by atoms with E-state index < -0.39 is 5.97 Å². The number of carboxylic acids is 1. The summed E-state index contributed by atoms with van der Waals surface area (Å²) < 4.78 is 7.35. The van der Waals surface area contributed by atoms with E-state index in [2.05, 4.69) is 10.8 Å². The smallest absolute Gasteiger partial charge is 0.304 e. The van der Waals surface area contributed by atoms with E-state index in [1.54, 1.807) is 7.11 Å². The minimum atomic E-state index is -0.767. The molecule has 2 rings (SSSR count). The van der Waals surface area contributed by atoms with Crippen LogP contribution in [0.3, 0.4) is 0 Å². The molecule has 0 unspecified atom stereocenters. The van der Waals surface area contributed by atoms with Gasteiger partial charge in [-0.25, -0.2) is 0 Å². The summed E-state index contributed by atoms with van der Waals surface area (Å²) in [4.78, 5) is 12.6. The molecule has 5 heteroatoms. The molecule has 0 bridgehead atoms. The largest absolute Gasteiger partial charge is 0.497 e. The van der Waals surface area contributed by atoms with Crippen molar-refractivity contribution in [2.75, 3.05) is 20.7 Å². The van der Waals surface area contributed by atoms with E-state index in [9.17, 15) is 4.79 Å². The zero-order valence-corrected chi connectivity index (χ0v) is 12.1. The fraction of sp³-hybridized carbons (Fsp3) is 0.400. The van der Waals surface area contributed by atoms with Gasteiger partial charge in [0, 0.05) is 37.2 Å². The summed E-state index contributed by atoms with van der Waals surface area (Å²) in [5, 5.41) is 9.87. The maximum absolute atomic E-state index is 10.6. The van der Waals surface area contributed by atoms with Crippen molar-refractivity contribution < 1.29 is 14.6 Å². The van der Waals surface area contributed by atoms with E-state index in [0.29, 0.717) is 6.54 Å². The summed E-state index contributed by atoms with van der Waals surface area (Å²) in [6, 6.07) is 6.00.